The number of hydrogen-bond donors (Lipinski definition) is 1. The molecule has 1 unspecified atom stereocenters. The van der Waals surface area contributed by atoms with E-state index in [0.29, 0.717) is 0 Å². The van der Waals surface area contributed by atoms with Crippen molar-refractivity contribution in [3.8, 4) is 45.0 Å². The van der Waals surface area contributed by atoms with Crippen LogP contribution in [0.2, 0.25) is 0 Å². The van der Waals surface area contributed by atoms with Crippen molar-refractivity contribution < 1.29 is 0 Å². The average Bonchev–Trinajstić information content (AvgIpc) is 1.41. The minimum atomic E-state index is -0.273. The van der Waals surface area contributed by atoms with Gasteiger partial charge in [0, 0.05) is 93.6 Å². The molecule has 1 atom stereocenters. The third kappa shape index (κ3) is 8.11. The van der Waals surface area contributed by atoms with E-state index < -0.39 is 0 Å². The van der Waals surface area contributed by atoms with Crippen molar-refractivity contribution in [2.24, 2.45) is 0 Å². The second-order valence-corrected chi connectivity index (χ2v) is 32.2. The van der Waals surface area contributed by atoms with Crippen LogP contribution in [0.5, 0.6) is 0 Å². The van der Waals surface area contributed by atoms with Crippen molar-refractivity contribution in [2.75, 3.05) is 5.32 Å². The molecule has 110 heavy (non-hydrogen) atoms. The first kappa shape index (κ1) is 60.7. The molecule has 17 aromatic carbocycles. The van der Waals surface area contributed by atoms with E-state index in [1.54, 1.807) is 0 Å². The smallest absolute Gasteiger partial charge is 0.252 e. The van der Waals surface area contributed by atoms with Crippen LogP contribution in [-0.2, 0) is 11.8 Å². The highest BCUT2D eigenvalue weighted by molar-refractivity contribution is 7.00. The molecule has 25 rings (SSSR count). The summed E-state index contributed by atoms with van der Waals surface area (Å²) in [5.41, 5.74) is 35.1. The highest BCUT2D eigenvalue weighted by Gasteiger charge is 2.44. The van der Waals surface area contributed by atoms with Gasteiger partial charge in [-0.25, -0.2) is 0 Å². The number of aromatic nitrogens is 4. The summed E-state index contributed by atoms with van der Waals surface area (Å²) in [5.74, 6) is 0.0923. The summed E-state index contributed by atoms with van der Waals surface area (Å²) in [7, 11) is 0. The number of aryl methyl sites for hydroxylation is 2. The van der Waals surface area contributed by atoms with E-state index in [2.05, 4.69) is 372 Å². The summed E-state index contributed by atoms with van der Waals surface area (Å²) in [6.07, 6.45) is 1.94. The predicted molar refractivity (Wildman–Crippen MR) is 464 cm³/mol. The zero-order valence-electron chi connectivity index (χ0n) is 61.1. The Labute approximate surface area is 635 Å². The minimum absolute atomic E-state index is 0.0293. The van der Waals surface area contributed by atoms with Crippen LogP contribution in [0.1, 0.15) is 76.7 Å². The van der Waals surface area contributed by atoms with Crippen molar-refractivity contribution in [3.05, 3.63) is 372 Å². The molecular formula is C104H70BN5. The second kappa shape index (κ2) is 22.1. The van der Waals surface area contributed by atoms with Gasteiger partial charge in [0.2, 0.25) is 0 Å². The summed E-state index contributed by atoms with van der Waals surface area (Å²) >= 11 is 0. The Kier molecular flexibility index (Phi) is 12.2. The number of fused-ring (bicyclic) bond motifs is 29. The highest BCUT2D eigenvalue weighted by atomic mass is 15.1. The molecule has 2 aliphatic carbocycles. The van der Waals surface area contributed by atoms with E-state index in [4.69, 9.17) is 0 Å². The Morgan fingerprint density at radius 3 is 1.57 bits per heavy atom. The van der Waals surface area contributed by atoms with Gasteiger partial charge in [-0.3, -0.25) is 0 Å². The fraction of sp³-hybridized carbons (Fsp3) is 0.0769. The lowest BCUT2D eigenvalue weighted by atomic mass is 9.34. The normalized spacial score (nSPS) is 14.3. The quantitative estimate of drug-likeness (QED) is 0.125. The monoisotopic (exact) mass is 1400 g/mol. The molecular weight excluding hydrogens is 1330 g/mol. The second-order valence-electron chi connectivity index (χ2n) is 32.2. The first-order valence-electron chi connectivity index (χ1n) is 39.1. The molecule has 0 radical (unpaired) electrons. The average molecular weight is 1400 g/mol. The van der Waals surface area contributed by atoms with Gasteiger partial charge in [0.15, 0.2) is 0 Å². The molecule has 0 saturated heterocycles. The lowest BCUT2D eigenvalue weighted by molar-refractivity contribution is 0.642. The van der Waals surface area contributed by atoms with Crippen LogP contribution < -0.4 is 21.7 Å². The Bertz CT molecular complexity index is 7550. The van der Waals surface area contributed by atoms with Gasteiger partial charge in [-0.1, -0.05) is 256 Å². The fourth-order valence-electron chi connectivity index (χ4n) is 21.4. The largest absolute Gasteiger partial charge is 0.374 e. The SMILES string of the molecule is Cc1ccc2c(c1)c1cc(C(C)(C)c3ccccc3)ccc1c1cc3c4c(c21)-n1c2ccc(-n5c6ccccc6c6ccccc65)cc2c2cc(C5CCc6ccccc6-c6ccccc65)cc(c21)B4c1cc(-n2c4ccccc4c4ccccc42)cc2c4cc(NC5c6ccccc6-c6ccccc65)ccc4n-3c12. The van der Waals surface area contributed by atoms with Crippen LogP contribution in [0, 0.1) is 6.92 Å². The Hall–Kier alpha value is -13.4. The van der Waals surface area contributed by atoms with Crippen LogP contribution >= 0.6 is 0 Å². The fourth-order valence-corrected chi connectivity index (χ4v) is 21.4. The molecule has 6 heterocycles. The van der Waals surface area contributed by atoms with Crippen molar-refractivity contribution in [2.45, 2.75) is 51.0 Å². The summed E-state index contributed by atoms with van der Waals surface area (Å²) in [6, 6.07) is 126. The number of hydrogen-bond acceptors (Lipinski definition) is 1. The van der Waals surface area contributed by atoms with E-state index in [9.17, 15) is 0 Å². The Balaban J connectivity index is 0.855. The molecule has 4 aliphatic rings. The van der Waals surface area contributed by atoms with Gasteiger partial charge >= 0.3 is 0 Å². The summed E-state index contributed by atoms with van der Waals surface area (Å²) in [4.78, 5) is 0. The van der Waals surface area contributed by atoms with Gasteiger partial charge in [-0.2, -0.15) is 0 Å². The number of nitrogens with zero attached hydrogens (tertiary/aromatic N) is 4. The van der Waals surface area contributed by atoms with Gasteiger partial charge in [-0.15, -0.1) is 0 Å². The molecule has 2 aliphatic heterocycles. The first-order chi connectivity index (χ1) is 54.3. The van der Waals surface area contributed by atoms with Gasteiger partial charge in [0.1, 0.15) is 0 Å². The lowest BCUT2D eigenvalue weighted by Crippen LogP contribution is -2.59. The van der Waals surface area contributed by atoms with Crippen molar-refractivity contribution in [1.82, 2.24) is 18.3 Å². The van der Waals surface area contributed by atoms with E-state index in [0.717, 1.165) is 29.9 Å². The van der Waals surface area contributed by atoms with E-state index >= 15 is 0 Å². The van der Waals surface area contributed by atoms with Crippen molar-refractivity contribution in [3.63, 3.8) is 0 Å². The standard InChI is InChI=1S/C104H70BN5/c1-60-41-46-79-82(51-60)83-54-64(104(2,3)63-24-5-4-6-25-63)43-48-74(83)86-59-97-99-103(98(79)86)110-96-50-45-66(107-91-37-19-15-31-75(91)76-32-16-20-38-92(76)107)56-85(96)87-52-62(69-47-42-61-23-7-8-26-68(61)70-27-9-10-28-71(69)70)53-89(102(87)110)105(99)90-58-67(108-93-39-21-17-33-77(93)78-34-18-22-40-94(78)108)57-88-84-55-65(44-49-95(84)109(97)101(88)90)106-100-80-35-13-11-29-72(80)73-30-12-14-36-81(73)100/h4-41,43-46,48-59,69,100,106H,42,47H2,1-3H3. The van der Waals surface area contributed by atoms with Crippen LogP contribution in [0.4, 0.5) is 5.69 Å². The van der Waals surface area contributed by atoms with Crippen LogP contribution in [0.3, 0.4) is 0 Å². The Morgan fingerprint density at radius 2 is 0.873 bits per heavy atom. The van der Waals surface area contributed by atoms with E-state index in [1.165, 1.54) is 214 Å². The zero-order chi connectivity index (χ0) is 72.1. The topological polar surface area (TPSA) is 31.8 Å². The molecule has 6 heteroatoms. The predicted octanol–water partition coefficient (Wildman–Crippen LogP) is 24.2. The number of rotatable bonds is 7. The van der Waals surface area contributed by atoms with Gasteiger partial charge in [-0.05, 0) is 215 Å². The number of para-hydroxylation sites is 4. The summed E-state index contributed by atoms with van der Waals surface area (Å²) < 4.78 is 10.6. The summed E-state index contributed by atoms with van der Waals surface area (Å²) in [5, 5.41) is 21.7. The molecule has 4 aromatic heterocycles. The first-order valence-corrected chi connectivity index (χ1v) is 39.1. The minimum Gasteiger partial charge on any atom is -0.374 e. The van der Waals surface area contributed by atoms with Gasteiger partial charge < -0.3 is 23.6 Å². The third-order valence-electron chi connectivity index (χ3n) is 26.3. The maximum absolute atomic E-state index is 4.21. The van der Waals surface area contributed by atoms with Crippen molar-refractivity contribution in [1.29, 1.82) is 0 Å². The van der Waals surface area contributed by atoms with Crippen molar-refractivity contribution >= 4 is 148 Å². The van der Waals surface area contributed by atoms with Crippen LogP contribution in [-0.4, -0.2) is 25.0 Å². The van der Waals surface area contributed by atoms with Gasteiger partial charge in [0.05, 0.1) is 44.8 Å². The highest BCUT2D eigenvalue weighted by Crippen LogP contribution is 2.52. The van der Waals surface area contributed by atoms with Crippen LogP contribution in [0.15, 0.2) is 328 Å². The summed E-state index contributed by atoms with van der Waals surface area (Å²) in [6.45, 7) is 6.82. The lowest BCUT2D eigenvalue weighted by Gasteiger charge is -2.36. The number of benzene rings is 17. The number of anilines is 1. The molecule has 0 amide bonds. The Morgan fingerprint density at radius 1 is 0.345 bits per heavy atom. The molecule has 0 spiro atoms. The van der Waals surface area contributed by atoms with Gasteiger partial charge in [0.25, 0.3) is 6.71 Å². The number of nitrogens with one attached hydrogen (secondary N) is 1. The maximum atomic E-state index is 4.21. The third-order valence-corrected chi connectivity index (χ3v) is 26.3. The maximum Gasteiger partial charge on any atom is 0.252 e. The van der Waals surface area contributed by atoms with Crippen LogP contribution in [0.25, 0.3) is 165 Å². The molecule has 514 valence electrons. The molecule has 21 aromatic rings. The molecule has 5 nitrogen and oxygen atoms in total. The molecule has 0 bridgehead atoms. The van der Waals surface area contributed by atoms with E-state index in [1.807, 2.05) is 0 Å². The molecule has 0 fully saturated rings. The molecule has 0 saturated carbocycles. The molecule has 1 N–H and O–H groups in total. The zero-order valence-corrected chi connectivity index (χ0v) is 61.1. The van der Waals surface area contributed by atoms with E-state index in [-0.39, 0.29) is 24.1 Å².